The zero-order valence-corrected chi connectivity index (χ0v) is 12.1. The van der Waals surface area contributed by atoms with Crippen LogP contribution >= 0.6 is 0 Å². The Morgan fingerprint density at radius 3 is 2.37 bits per heavy atom. The Hall–Kier alpha value is -1.32. The zero-order valence-electron chi connectivity index (χ0n) is 12.1. The topological polar surface area (TPSA) is 53.8 Å². The van der Waals surface area contributed by atoms with Gasteiger partial charge >= 0.3 is 0 Å². The van der Waals surface area contributed by atoms with Gasteiger partial charge in [-0.25, -0.2) is 0 Å². The second-order valence-corrected chi connectivity index (χ2v) is 6.85. The molecule has 1 heterocycles. The molecule has 1 aliphatic rings. The smallest absolute Gasteiger partial charge is 0.0519 e. The van der Waals surface area contributed by atoms with Gasteiger partial charge in [0, 0.05) is 17.1 Å². The Balaban J connectivity index is 2.05. The van der Waals surface area contributed by atoms with E-state index in [-0.39, 0.29) is 6.04 Å². The summed E-state index contributed by atoms with van der Waals surface area (Å²) in [5, 5.41) is 1.27. The molecule has 0 spiro atoms. The number of benzene rings is 1. The molecule has 0 bridgehead atoms. The summed E-state index contributed by atoms with van der Waals surface area (Å²) in [6.07, 6.45) is 2.10. The van der Waals surface area contributed by atoms with E-state index < -0.39 is 0 Å². The first-order valence-corrected chi connectivity index (χ1v) is 6.93. The second-order valence-electron chi connectivity index (χ2n) is 6.85. The second kappa shape index (κ2) is 3.84. The van der Waals surface area contributed by atoms with Crippen molar-refractivity contribution >= 4 is 10.9 Å². The summed E-state index contributed by atoms with van der Waals surface area (Å²) in [4.78, 5) is 3.34. The highest BCUT2D eigenvalue weighted by Gasteiger charge is 2.67. The van der Waals surface area contributed by atoms with Gasteiger partial charge in [-0.15, -0.1) is 0 Å². The van der Waals surface area contributed by atoms with E-state index in [1.165, 1.54) is 16.5 Å². The molecule has 2 aromatic rings. The molecule has 0 aliphatic heterocycles. The van der Waals surface area contributed by atoms with Crippen LogP contribution < -0.4 is 11.3 Å². The van der Waals surface area contributed by atoms with Crippen LogP contribution in [0.1, 0.15) is 39.3 Å². The van der Waals surface area contributed by atoms with Gasteiger partial charge in [-0.05, 0) is 28.4 Å². The molecule has 1 atom stereocenters. The minimum absolute atomic E-state index is 0.196. The van der Waals surface area contributed by atoms with E-state index in [0.29, 0.717) is 16.7 Å². The van der Waals surface area contributed by atoms with Gasteiger partial charge in [-0.3, -0.25) is 11.3 Å². The van der Waals surface area contributed by atoms with Gasteiger partial charge in [-0.1, -0.05) is 45.9 Å². The van der Waals surface area contributed by atoms with Crippen molar-refractivity contribution in [2.75, 3.05) is 0 Å². The standard InChI is InChI=1S/C16H23N3/c1-15(2)14(16(15,3)4)13(19-17)11-9-18-12-8-6-5-7-10(11)12/h5-9,13-14,18-19H,17H2,1-4H3. The number of hydrazine groups is 1. The normalized spacial score (nSPS) is 22.6. The van der Waals surface area contributed by atoms with Gasteiger partial charge in [0.25, 0.3) is 0 Å². The number of nitrogens with two attached hydrogens (primary N) is 1. The predicted molar refractivity (Wildman–Crippen MR) is 79.4 cm³/mol. The van der Waals surface area contributed by atoms with E-state index in [9.17, 15) is 0 Å². The number of para-hydroxylation sites is 1. The van der Waals surface area contributed by atoms with E-state index in [4.69, 9.17) is 5.84 Å². The first-order chi connectivity index (χ1) is 8.91. The number of aromatic amines is 1. The summed E-state index contributed by atoms with van der Waals surface area (Å²) < 4.78 is 0. The third kappa shape index (κ3) is 1.58. The minimum atomic E-state index is 0.196. The van der Waals surface area contributed by atoms with Gasteiger partial charge in [-0.2, -0.15) is 0 Å². The van der Waals surface area contributed by atoms with Crippen molar-refractivity contribution < 1.29 is 0 Å². The fraction of sp³-hybridized carbons (Fsp3) is 0.500. The highest BCUT2D eigenvalue weighted by molar-refractivity contribution is 5.83. The lowest BCUT2D eigenvalue weighted by atomic mass is 9.97. The summed E-state index contributed by atoms with van der Waals surface area (Å²) in [6.45, 7) is 9.32. The maximum absolute atomic E-state index is 5.87. The molecule has 0 saturated heterocycles. The number of rotatable bonds is 3. The fourth-order valence-corrected chi connectivity index (χ4v) is 3.80. The molecule has 1 aromatic heterocycles. The molecule has 0 radical (unpaired) electrons. The molecule has 0 amide bonds. The molecular formula is C16H23N3. The van der Waals surface area contributed by atoms with Crippen LogP contribution in [0, 0.1) is 16.7 Å². The number of nitrogens with one attached hydrogen (secondary N) is 2. The van der Waals surface area contributed by atoms with Crippen LogP contribution in [-0.2, 0) is 0 Å². The van der Waals surface area contributed by atoms with Crippen LogP contribution in [0.5, 0.6) is 0 Å². The molecule has 3 heteroatoms. The van der Waals surface area contributed by atoms with Gasteiger partial charge in [0.1, 0.15) is 0 Å². The van der Waals surface area contributed by atoms with Crippen molar-refractivity contribution in [3.05, 3.63) is 36.0 Å². The largest absolute Gasteiger partial charge is 0.361 e. The summed E-state index contributed by atoms with van der Waals surface area (Å²) in [6, 6.07) is 8.60. The molecule has 1 unspecified atom stereocenters. The Labute approximate surface area is 114 Å². The Bertz CT molecular complexity index is 595. The third-order valence-electron chi connectivity index (χ3n) is 5.60. The van der Waals surface area contributed by atoms with E-state index in [2.05, 4.69) is 68.6 Å². The summed E-state index contributed by atoms with van der Waals surface area (Å²) in [5.41, 5.74) is 6.12. The zero-order chi connectivity index (χ0) is 13.8. The Kier molecular flexibility index (Phi) is 2.57. The highest BCUT2D eigenvalue weighted by atomic mass is 15.2. The lowest BCUT2D eigenvalue weighted by molar-refractivity contribution is 0.420. The van der Waals surface area contributed by atoms with Gasteiger partial charge in [0.2, 0.25) is 0 Å². The van der Waals surface area contributed by atoms with Crippen LogP contribution in [0.4, 0.5) is 0 Å². The van der Waals surface area contributed by atoms with Crippen LogP contribution in [-0.4, -0.2) is 4.98 Å². The Morgan fingerprint density at radius 1 is 1.16 bits per heavy atom. The molecular weight excluding hydrogens is 234 g/mol. The first-order valence-electron chi connectivity index (χ1n) is 6.93. The number of hydrogen-bond donors (Lipinski definition) is 3. The molecule has 19 heavy (non-hydrogen) atoms. The SMILES string of the molecule is CC1(C)C(C(NN)c2c[nH]c3ccccc23)C1(C)C. The maximum atomic E-state index is 5.87. The molecule has 1 saturated carbocycles. The van der Waals surface area contributed by atoms with E-state index >= 15 is 0 Å². The molecule has 3 nitrogen and oxygen atoms in total. The highest BCUT2D eigenvalue weighted by Crippen LogP contribution is 2.72. The van der Waals surface area contributed by atoms with Crippen molar-refractivity contribution in [1.82, 2.24) is 10.4 Å². The van der Waals surface area contributed by atoms with E-state index in [0.717, 1.165) is 0 Å². The van der Waals surface area contributed by atoms with E-state index in [1.54, 1.807) is 0 Å². The van der Waals surface area contributed by atoms with Crippen molar-refractivity contribution in [2.45, 2.75) is 33.7 Å². The lowest BCUT2D eigenvalue weighted by Gasteiger charge is -2.18. The quantitative estimate of drug-likeness (QED) is 0.583. The van der Waals surface area contributed by atoms with Crippen molar-refractivity contribution in [2.24, 2.45) is 22.6 Å². The number of aromatic nitrogens is 1. The van der Waals surface area contributed by atoms with Crippen LogP contribution in [0.25, 0.3) is 10.9 Å². The maximum Gasteiger partial charge on any atom is 0.0519 e. The molecule has 102 valence electrons. The number of fused-ring (bicyclic) bond motifs is 1. The van der Waals surface area contributed by atoms with E-state index in [1.807, 2.05) is 0 Å². The predicted octanol–water partition coefficient (Wildman–Crippen LogP) is 3.35. The lowest BCUT2D eigenvalue weighted by Crippen LogP contribution is -2.31. The fourth-order valence-electron chi connectivity index (χ4n) is 3.80. The summed E-state index contributed by atoms with van der Waals surface area (Å²) in [5.74, 6) is 6.42. The summed E-state index contributed by atoms with van der Waals surface area (Å²) in [7, 11) is 0. The van der Waals surface area contributed by atoms with Gasteiger partial charge in [0.05, 0.1) is 6.04 Å². The third-order valence-corrected chi connectivity index (χ3v) is 5.60. The van der Waals surface area contributed by atoms with Crippen LogP contribution in [0.15, 0.2) is 30.5 Å². The van der Waals surface area contributed by atoms with Crippen LogP contribution in [0.2, 0.25) is 0 Å². The van der Waals surface area contributed by atoms with Crippen molar-refractivity contribution in [3.8, 4) is 0 Å². The first kappa shape index (κ1) is 12.7. The average Bonchev–Trinajstić information content (AvgIpc) is 2.69. The molecule has 4 N–H and O–H groups in total. The molecule has 3 rings (SSSR count). The van der Waals surface area contributed by atoms with Crippen LogP contribution in [0.3, 0.4) is 0 Å². The minimum Gasteiger partial charge on any atom is -0.361 e. The number of hydrogen-bond acceptors (Lipinski definition) is 2. The molecule has 1 fully saturated rings. The van der Waals surface area contributed by atoms with Crippen molar-refractivity contribution in [1.29, 1.82) is 0 Å². The van der Waals surface area contributed by atoms with Crippen molar-refractivity contribution in [3.63, 3.8) is 0 Å². The summed E-state index contributed by atoms with van der Waals surface area (Å²) >= 11 is 0. The molecule has 1 aliphatic carbocycles. The van der Waals surface area contributed by atoms with Gasteiger partial charge < -0.3 is 4.98 Å². The van der Waals surface area contributed by atoms with Gasteiger partial charge in [0.15, 0.2) is 0 Å². The number of H-pyrrole nitrogens is 1. The monoisotopic (exact) mass is 257 g/mol. The average molecular weight is 257 g/mol. The Morgan fingerprint density at radius 2 is 1.79 bits per heavy atom. The molecule has 1 aromatic carbocycles.